The predicted octanol–water partition coefficient (Wildman–Crippen LogP) is 1.78. The van der Waals surface area contributed by atoms with Crippen LogP contribution in [0.4, 0.5) is 11.4 Å². The Balaban J connectivity index is 1.73. The number of hydrogen-bond donors (Lipinski definition) is 2. The van der Waals surface area contributed by atoms with Crippen LogP contribution in [0.1, 0.15) is 15.9 Å². The quantitative estimate of drug-likeness (QED) is 0.809. The lowest BCUT2D eigenvalue weighted by atomic mass is 9.98. The second-order valence-electron chi connectivity index (χ2n) is 5.70. The second-order valence-corrected chi connectivity index (χ2v) is 7.45. The number of esters is 1. The Morgan fingerprint density at radius 2 is 1.84 bits per heavy atom. The molecule has 0 bridgehead atoms. The first-order valence-corrected chi connectivity index (χ1v) is 9.38. The van der Waals surface area contributed by atoms with Gasteiger partial charge in [-0.05, 0) is 29.8 Å². The van der Waals surface area contributed by atoms with Crippen LogP contribution in [-0.4, -0.2) is 32.7 Å². The van der Waals surface area contributed by atoms with Crippen LogP contribution in [0.3, 0.4) is 0 Å². The standard InChI is InChI=1S/C17H16N2O5S/c1-25(22,23)19-13-7-4-6-12(10-13)18-16(20)15-9-11-5-2-3-8-14(11)17(21)24-15/h2-8,10,15,19H,9H2,1H3,(H,18,20). The van der Waals surface area contributed by atoms with Gasteiger partial charge in [0.25, 0.3) is 5.91 Å². The molecule has 0 aromatic heterocycles. The Labute approximate surface area is 145 Å². The molecule has 1 unspecified atom stereocenters. The van der Waals surface area contributed by atoms with Gasteiger partial charge >= 0.3 is 5.97 Å². The van der Waals surface area contributed by atoms with E-state index in [9.17, 15) is 18.0 Å². The summed E-state index contributed by atoms with van der Waals surface area (Å²) in [6.07, 6.45) is 0.389. The van der Waals surface area contributed by atoms with Crippen LogP contribution < -0.4 is 10.0 Å². The fraction of sp³-hybridized carbons (Fsp3) is 0.176. The summed E-state index contributed by atoms with van der Waals surface area (Å²) in [6, 6.07) is 13.2. The molecule has 1 atom stereocenters. The molecular formula is C17H16N2O5S. The molecule has 1 aliphatic heterocycles. The molecular weight excluding hydrogens is 344 g/mol. The molecule has 0 aliphatic carbocycles. The average Bonchev–Trinajstić information content (AvgIpc) is 2.53. The molecule has 2 aromatic rings. The van der Waals surface area contributed by atoms with Crippen LogP contribution in [0.2, 0.25) is 0 Å². The van der Waals surface area contributed by atoms with Crippen molar-refractivity contribution in [1.82, 2.24) is 0 Å². The summed E-state index contributed by atoms with van der Waals surface area (Å²) in [7, 11) is -3.42. The molecule has 1 amide bonds. The van der Waals surface area contributed by atoms with Crippen LogP contribution >= 0.6 is 0 Å². The summed E-state index contributed by atoms with van der Waals surface area (Å²) in [5.41, 5.74) is 1.94. The van der Waals surface area contributed by atoms with E-state index in [4.69, 9.17) is 4.74 Å². The van der Waals surface area contributed by atoms with Crippen molar-refractivity contribution in [3.63, 3.8) is 0 Å². The molecule has 0 fully saturated rings. The zero-order valence-electron chi connectivity index (χ0n) is 13.4. The number of ether oxygens (including phenoxy) is 1. The first-order valence-electron chi connectivity index (χ1n) is 7.49. The monoisotopic (exact) mass is 360 g/mol. The van der Waals surface area contributed by atoms with Gasteiger partial charge in [0.05, 0.1) is 17.5 Å². The van der Waals surface area contributed by atoms with Crippen molar-refractivity contribution < 1.29 is 22.7 Å². The van der Waals surface area contributed by atoms with Gasteiger partial charge in [0.2, 0.25) is 10.0 Å². The zero-order valence-corrected chi connectivity index (χ0v) is 14.2. The fourth-order valence-electron chi connectivity index (χ4n) is 2.58. The lowest BCUT2D eigenvalue weighted by Gasteiger charge is -2.23. The number of carbonyl (C=O) groups excluding carboxylic acids is 2. The predicted molar refractivity (Wildman–Crippen MR) is 92.9 cm³/mol. The molecule has 0 radical (unpaired) electrons. The summed E-state index contributed by atoms with van der Waals surface area (Å²) in [6.45, 7) is 0. The Morgan fingerprint density at radius 3 is 2.60 bits per heavy atom. The Hall–Kier alpha value is -2.87. The minimum atomic E-state index is -3.42. The Bertz CT molecular complexity index is 940. The third-order valence-corrected chi connectivity index (χ3v) is 4.22. The van der Waals surface area contributed by atoms with E-state index in [1.807, 2.05) is 0 Å². The average molecular weight is 360 g/mol. The highest BCUT2D eigenvalue weighted by Gasteiger charge is 2.31. The maximum Gasteiger partial charge on any atom is 0.339 e. The number of benzene rings is 2. The zero-order chi connectivity index (χ0) is 18.0. The highest BCUT2D eigenvalue weighted by Crippen LogP contribution is 2.22. The molecule has 3 rings (SSSR count). The molecule has 7 nitrogen and oxygen atoms in total. The molecule has 2 N–H and O–H groups in total. The maximum absolute atomic E-state index is 12.4. The van der Waals surface area contributed by atoms with E-state index in [2.05, 4.69) is 10.0 Å². The van der Waals surface area contributed by atoms with Crippen molar-refractivity contribution in [3.05, 3.63) is 59.7 Å². The van der Waals surface area contributed by atoms with Gasteiger partial charge in [-0.25, -0.2) is 13.2 Å². The SMILES string of the molecule is CS(=O)(=O)Nc1cccc(NC(=O)C2Cc3ccccc3C(=O)O2)c1. The molecule has 8 heteroatoms. The highest BCUT2D eigenvalue weighted by atomic mass is 32.2. The molecule has 1 aliphatic rings. The van der Waals surface area contributed by atoms with Crippen molar-refractivity contribution in [1.29, 1.82) is 0 Å². The van der Waals surface area contributed by atoms with Crippen molar-refractivity contribution >= 4 is 33.3 Å². The van der Waals surface area contributed by atoms with Crippen LogP contribution in [0.5, 0.6) is 0 Å². The minimum Gasteiger partial charge on any atom is -0.448 e. The molecule has 25 heavy (non-hydrogen) atoms. The number of amides is 1. The van der Waals surface area contributed by atoms with Gasteiger partial charge in [0.15, 0.2) is 6.10 Å². The number of anilines is 2. The van der Waals surface area contributed by atoms with Gasteiger partial charge in [0.1, 0.15) is 0 Å². The third-order valence-electron chi connectivity index (χ3n) is 3.62. The van der Waals surface area contributed by atoms with E-state index in [-0.39, 0.29) is 6.42 Å². The third kappa shape index (κ3) is 4.16. The van der Waals surface area contributed by atoms with Crippen molar-refractivity contribution in [2.75, 3.05) is 16.3 Å². The smallest absolute Gasteiger partial charge is 0.339 e. The van der Waals surface area contributed by atoms with Crippen molar-refractivity contribution in [3.8, 4) is 0 Å². The molecule has 130 valence electrons. The van der Waals surface area contributed by atoms with Crippen molar-refractivity contribution in [2.24, 2.45) is 0 Å². The molecule has 2 aromatic carbocycles. The van der Waals surface area contributed by atoms with E-state index >= 15 is 0 Å². The summed E-state index contributed by atoms with van der Waals surface area (Å²) >= 11 is 0. The van der Waals surface area contributed by atoms with E-state index in [1.165, 1.54) is 6.07 Å². The first-order chi connectivity index (χ1) is 11.8. The Morgan fingerprint density at radius 1 is 1.12 bits per heavy atom. The maximum atomic E-state index is 12.4. The molecule has 0 saturated heterocycles. The topological polar surface area (TPSA) is 102 Å². The van der Waals surface area contributed by atoms with Gasteiger partial charge in [-0.15, -0.1) is 0 Å². The van der Waals surface area contributed by atoms with Gasteiger partial charge in [-0.3, -0.25) is 9.52 Å². The van der Waals surface area contributed by atoms with E-state index in [1.54, 1.807) is 42.5 Å². The lowest BCUT2D eigenvalue weighted by Crippen LogP contribution is -2.37. The summed E-state index contributed by atoms with van der Waals surface area (Å²) in [5.74, 6) is -1.01. The normalized spacial score (nSPS) is 16.5. The van der Waals surface area contributed by atoms with Crippen LogP contribution in [-0.2, 0) is 26.0 Å². The number of sulfonamides is 1. The first kappa shape index (κ1) is 17.0. The van der Waals surface area contributed by atoms with Gasteiger partial charge < -0.3 is 10.1 Å². The highest BCUT2D eigenvalue weighted by molar-refractivity contribution is 7.92. The number of hydrogen-bond acceptors (Lipinski definition) is 5. The van der Waals surface area contributed by atoms with Gasteiger partial charge in [0, 0.05) is 12.1 Å². The lowest BCUT2D eigenvalue weighted by molar-refractivity contribution is -0.125. The summed E-state index contributed by atoms with van der Waals surface area (Å²) < 4.78 is 30.1. The number of rotatable bonds is 4. The summed E-state index contributed by atoms with van der Waals surface area (Å²) in [4.78, 5) is 24.4. The second kappa shape index (κ2) is 6.56. The molecule has 0 spiro atoms. The summed E-state index contributed by atoms with van der Waals surface area (Å²) in [5, 5.41) is 2.64. The number of fused-ring (bicyclic) bond motifs is 1. The van der Waals surface area contributed by atoms with Crippen molar-refractivity contribution in [2.45, 2.75) is 12.5 Å². The van der Waals surface area contributed by atoms with E-state index in [0.29, 0.717) is 16.9 Å². The van der Waals surface area contributed by atoms with Crippen LogP contribution in [0.25, 0.3) is 0 Å². The number of carbonyl (C=O) groups is 2. The fourth-order valence-corrected chi connectivity index (χ4v) is 3.13. The minimum absolute atomic E-state index is 0.287. The van der Waals surface area contributed by atoms with E-state index in [0.717, 1.165) is 11.8 Å². The van der Waals surface area contributed by atoms with Gasteiger partial charge in [-0.1, -0.05) is 24.3 Å². The Kier molecular flexibility index (Phi) is 4.45. The van der Waals surface area contributed by atoms with E-state index < -0.39 is 28.0 Å². The number of nitrogens with one attached hydrogen (secondary N) is 2. The largest absolute Gasteiger partial charge is 0.448 e. The van der Waals surface area contributed by atoms with Crippen LogP contribution in [0, 0.1) is 0 Å². The van der Waals surface area contributed by atoms with Gasteiger partial charge in [-0.2, -0.15) is 0 Å². The molecule has 0 saturated carbocycles. The molecule has 1 heterocycles. The van der Waals surface area contributed by atoms with Crippen LogP contribution in [0.15, 0.2) is 48.5 Å². The number of cyclic esters (lactones) is 1.